The van der Waals surface area contributed by atoms with E-state index in [2.05, 4.69) is 24.4 Å². The number of rotatable bonds is 8. The lowest BCUT2D eigenvalue weighted by Gasteiger charge is -2.12. The fraction of sp³-hybridized carbons (Fsp3) is 0.214. The van der Waals surface area contributed by atoms with Gasteiger partial charge in [-0.2, -0.15) is 0 Å². The number of fused-ring (bicyclic) bond motifs is 1. The van der Waals surface area contributed by atoms with Gasteiger partial charge in [-0.3, -0.25) is 4.79 Å². The first-order valence-electron chi connectivity index (χ1n) is 11.2. The zero-order chi connectivity index (χ0) is 22.3. The summed E-state index contributed by atoms with van der Waals surface area (Å²) in [5.41, 5.74) is 5.17. The molecular formula is C28H28N2O2. The molecule has 4 nitrogen and oxygen atoms in total. The SMILES string of the molecule is CCCCc1ccc(NC(=O)c2cc(-c3ccc(OCC)cc3)nc3ccccc23)cc1. The number of carbonyl (C=O) groups is 1. The Morgan fingerprint density at radius 3 is 2.41 bits per heavy atom. The summed E-state index contributed by atoms with van der Waals surface area (Å²) in [4.78, 5) is 18.0. The number of nitrogens with zero attached hydrogens (tertiary/aromatic N) is 1. The quantitative estimate of drug-likeness (QED) is 0.335. The molecule has 0 atom stereocenters. The van der Waals surface area contributed by atoms with Crippen LogP contribution in [0.4, 0.5) is 5.69 Å². The van der Waals surface area contributed by atoms with Crippen LogP contribution in [0.1, 0.15) is 42.6 Å². The lowest BCUT2D eigenvalue weighted by Crippen LogP contribution is -2.13. The Morgan fingerprint density at radius 1 is 0.938 bits per heavy atom. The van der Waals surface area contributed by atoms with Gasteiger partial charge in [0, 0.05) is 16.6 Å². The number of benzene rings is 3. The minimum Gasteiger partial charge on any atom is -0.494 e. The number of hydrogen-bond acceptors (Lipinski definition) is 3. The second-order valence-corrected chi connectivity index (χ2v) is 7.78. The molecule has 1 amide bonds. The van der Waals surface area contributed by atoms with Crippen molar-refractivity contribution in [1.82, 2.24) is 4.98 Å². The third-order valence-corrected chi connectivity index (χ3v) is 5.45. The molecule has 1 heterocycles. The number of anilines is 1. The Balaban J connectivity index is 1.64. The predicted octanol–water partition coefficient (Wildman–Crippen LogP) is 6.90. The smallest absolute Gasteiger partial charge is 0.256 e. The molecular weight excluding hydrogens is 396 g/mol. The van der Waals surface area contributed by atoms with Gasteiger partial charge in [0.2, 0.25) is 0 Å². The van der Waals surface area contributed by atoms with E-state index in [1.807, 2.05) is 73.7 Å². The molecule has 0 saturated heterocycles. The largest absolute Gasteiger partial charge is 0.494 e. The first-order valence-corrected chi connectivity index (χ1v) is 11.2. The van der Waals surface area contributed by atoms with Gasteiger partial charge in [-0.25, -0.2) is 4.98 Å². The van der Waals surface area contributed by atoms with Gasteiger partial charge < -0.3 is 10.1 Å². The van der Waals surface area contributed by atoms with Crippen molar-refractivity contribution in [1.29, 1.82) is 0 Å². The number of ether oxygens (including phenoxy) is 1. The summed E-state index contributed by atoms with van der Waals surface area (Å²) in [5.74, 6) is 0.675. The van der Waals surface area contributed by atoms with Crippen molar-refractivity contribution in [3.05, 3.63) is 90.0 Å². The van der Waals surface area contributed by atoms with Gasteiger partial charge in [0.1, 0.15) is 5.75 Å². The average Bonchev–Trinajstić information content (AvgIpc) is 2.83. The van der Waals surface area contributed by atoms with Crippen molar-refractivity contribution in [2.75, 3.05) is 11.9 Å². The average molecular weight is 425 g/mol. The Hall–Kier alpha value is -3.66. The van der Waals surface area contributed by atoms with Crippen LogP contribution in [0.2, 0.25) is 0 Å². The van der Waals surface area contributed by atoms with Crippen LogP contribution in [-0.4, -0.2) is 17.5 Å². The van der Waals surface area contributed by atoms with Gasteiger partial charge in [0.05, 0.1) is 23.4 Å². The van der Waals surface area contributed by atoms with Crippen molar-refractivity contribution in [2.24, 2.45) is 0 Å². The molecule has 0 fully saturated rings. The van der Waals surface area contributed by atoms with E-state index in [0.29, 0.717) is 12.2 Å². The van der Waals surface area contributed by atoms with Crippen molar-refractivity contribution < 1.29 is 9.53 Å². The van der Waals surface area contributed by atoms with Crippen molar-refractivity contribution in [3.8, 4) is 17.0 Å². The fourth-order valence-electron chi connectivity index (χ4n) is 3.73. The maximum absolute atomic E-state index is 13.2. The summed E-state index contributed by atoms with van der Waals surface area (Å²) in [7, 11) is 0. The first-order chi connectivity index (χ1) is 15.7. The Kier molecular flexibility index (Phi) is 6.81. The predicted molar refractivity (Wildman–Crippen MR) is 131 cm³/mol. The summed E-state index contributed by atoms with van der Waals surface area (Å²) in [6.07, 6.45) is 3.40. The molecule has 1 aromatic heterocycles. The zero-order valence-electron chi connectivity index (χ0n) is 18.6. The molecule has 0 spiro atoms. The fourth-order valence-corrected chi connectivity index (χ4v) is 3.73. The molecule has 0 aliphatic carbocycles. The van der Waals surface area contributed by atoms with Crippen molar-refractivity contribution in [3.63, 3.8) is 0 Å². The zero-order valence-corrected chi connectivity index (χ0v) is 18.6. The highest BCUT2D eigenvalue weighted by Crippen LogP contribution is 2.27. The molecule has 3 aromatic carbocycles. The summed E-state index contributed by atoms with van der Waals surface area (Å²) >= 11 is 0. The van der Waals surface area contributed by atoms with E-state index in [-0.39, 0.29) is 5.91 Å². The minimum absolute atomic E-state index is 0.142. The third-order valence-electron chi connectivity index (χ3n) is 5.45. The van der Waals surface area contributed by atoms with Crippen LogP contribution in [0.15, 0.2) is 78.9 Å². The Bertz CT molecular complexity index is 1200. The number of amides is 1. The molecule has 0 aliphatic heterocycles. The van der Waals surface area contributed by atoms with E-state index in [4.69, 9.17) is 9.72 Å². The number of nitrogens with one attached hydrogen (secondary N) is 1. The number of para-hydroxylation sites is 1. The lowest BCUT2D eigenvalue weighted by atomic mass is 10.0. The van der Waals surface area contributed by atoms with Gasteiger partial charge in [0.15, 0.2) is 0 Å². The van der Waals surface area contributed by atoms with Crippen LogP contribution in [0.25, 0.3) is 22.2 Å². The molecule has 0 radical (unpaired) electrons. The van der Waals surface area contributed by atoms with Crippen LogP contribution >= 0.6 is 0 Å². The third kappa shape index (κ3) is 4.97. The van der Waals surface area contributed by atoms with Gasteiger partial charge in [-0.1, -0.05) is 43.7 Å². The van der Waals surface area contributed by atoms with E-state index in [1.54, 1.807) is 0 Å². The maximum Gasteiger partial charge on any atom is 0.256 e. The van der Waals surface area contributed by atoms with E-state index in [9.17, 15) is 4.79 Å². The number of hydrogen-bond donors (Lipinski definition) is 1. The number of aromatic nitrogens is 1. The second-order valence-electron chi connectivity index (χ2n) is 7.78. The number of aryl methyl sites for hydroxylation is 1. The second kappa shape index (κ2) is 10.1. The number of pyridine rings is 1. The molecule has 4 aromatic rings. The topological polar surface area (TPSA) is 51.2 Å². The molecule has 162 valence electrons. The molecule has 32 heavy (non-hydrogen) atoms. The van der Waals surface area contributed by atoms with Crippen LogP contribution in [0.3, 0.4) is 0 Å². The van der Waals surface area contributed by atoms with Crippen LogP contribution < -0.4 is 10.1 Å². The maximum atomic E-state index is 13.2. The summed E-state index contributed by atoms with van der Waals surface area (Å²) < 4.78 is 5.54. The standard InChI is InChI=1S/C28H28N2O2/c1-3-5-8-20-11-15-22(16-12-20)29-28(31)25-19-27(30-26-10-7-6-9-24(25)26)21-13-17-23(18-14-21)32-4-2/h6-7,9-19H,3-5,8H2,1-2H3,(H,29,31). The Morgan fingerprint density at radius 2 is 1.69 bits per heavy atom. The summed E-state index contributed by atoms with van der Waals surface area (Å²) in [6, 6.07) is 25.5. The molecule has 0 unspecified atom stereocenters. The molecule has 0 bridgehead atoms. The van der Waals surface area contributed by atoms with Crippen LogP contribution in [-0.2, 0) is 6.42 Å². The van der Waals surface area contributed by atoms with E-state index in [1.165, 1.54) is 18.4 Å². The highest BCUT2D eigenvalue weighted by Gasteiger charge is 2.14. The van der Waals surface area contributed by atoms with Crippen LogP contribution in [0.5, 0.6) is 5.75 Å². The van der Waals surface area contributed by atoms with Gasteiger partial charge in [-0.15, -0.1) is 0 Å². The van der Waals surface area contributed by atoms with Gasteiger partial charge in [-0.05, 0) is 73.9 Å². The van der Waals surface area contributed by atoms with Gasteiger partial charge in [0.25, 0.3) is 5.91 Å². The van der Waals surface area contributed by atoms with Crippen molar-refractivity contribution in [2.45, 2.75) is 33.1 Å². The van der Waals surface area contributed by atoms with Gasteiger partial charge >= 0.3 is 0 Å². The van der Waals surface area contributed by atoms with E-state index < -0.39 is 0 Å². The van der Waals surface area contributed by atoms with E-state index in [0.717, 1.165) is 40.0 Å². The minimum atomic E-state index is -0.142. The summed E-state index contributed by atoms with van der Waals surface area (Å²) in [6.45, 7) is 4.77. The van der Waals surface area contributed by atoms with E-state index >= 15 is 0 Å². The molecule has 0 aliphatic rings. The first kappa shape index (κ1) is 21.6. The highest BCUT2D eigenvalue weighted by molar-refractivity contribution is 6.13. The number of unbranched alkanes of at least 4 members (excludes halogenated alkanes) is 1. The molecule has 0 saturated carbocycles. The Labute approximate surface area is 189 Å². The monoisotopic (exact) mass is 424 g/mol. The normalized spacial score (nSPS) is 10.8. The van der Waals surface area contributed by atoms with Crippen LogP contribution in [0, 0.1) is 0 Å². The van der Waals surface area contributed by atoms with Crippen molar-refractivity contribution >= 4 is 22.5 Å². The molecule has 4 heteroatoms. The highest BCUT2D eigenvalue weighted by atomic mass is 16.5. The lowest BCUT2D eigenvalue weighted by molar-refractivity contribution is 0.102. The molecule has 4 rings (SSSR count). The summed E-state index contributed by atoms with van der Waals surface area (Å²) in [5, 5.41) is 3.88. The molecule has 1 N–H and O–H groups in total. The number of carbonyl (C=O) groups excluding carboxylic acids is 1.